The molecule has 1 aliphatic carbocycles. The second-order valence-corrected chi connectivity index (χ2v) is 10.2. The Labute approximate surface area is 215 Å². The largest absolute Gasteiger partial charge is 0.433 e. The van der Waals surface area contributed by atoms with Crippen molar-refractivity contribution in [3.8, 4) is 0 Å². The number of anilines is 1. The monoisotopic (exact) mass is 547 g/mol. The van der Waals surface area contributed by atoms with E-state index in [-0.39, 0.29) is 22.6 Å². The van der Waals surface area contributed by atoms with Crippen LogP contribution in [0.25, 0.3) is 10.9 Å². The minimum atomic E-state index is -4.82. The zero-order valence-electron chi connectivity index (χ0n) is 20.8. The number of aromatic nitrogens is 1. The van der Waals surface area contributed by atoms with Crippen LogP contribution in [-0.2, 0) is 17.1 Å². The van der Waals surface area contributed by atoms with Gasteiger partial charge in [0.1, 0.15) is 5.69 Å². The number of aliphatic hydroxyl groups is 1. The van der Waals surface area contributed by atoms with Gasteiger partial charge in [0.15, 0.2) is 0 Å². The van der Waals surface area contributed by atoms with Crippen LogP contribution < -0.4 is 16.4 Å². The summed E-state index contributed by atoms with van der Waals surface area (Å²) in [5.74, 6) is -0.490. The third-order valence-corrected chi connectivity index (χ3v) is 7.59. The molecular weight excluding hydrogens is 516 g/mol. The lowest BCUT2D eigenvalue weighted by molar-refractivity contribution is -0.141. The van der Waals surface area contributed by atoms with E-state index in [0.29, 0.717) is 56.6 Å². The van der Waals surface area contributed by atoms with Crippen LogP contribution in [0.1, 0.15) is 50.3 Å². The molecule has 7 nitrogen and oxygen atoms in total. The fourth-order valence-electron chi connectivity index (χ4n) is 5.29. The number of nitrogens with one attached hydrogen (secondary N) is 2. The number of hydrogen-bond donors (Lipinski definition) is 4. The standard InChI is InChI=1S/C25H31F6N5O2/c1-2-21(37)23(32)7-5-16(6-8-23)36-12-15(13-36)34-22(38)11-33-19-10-20(25(29,30)31)35-18-4-3-14(9-17(18)19)24(26,27)28/h3-4,9-10,15-16,21,37H,2,5-8,11-13,32H2,1H3,(H,33,35)(H,34,38). The molecule has 1 saturated heterocycles. The molecule has 1 saturated carbocycles. The fraction of sp³-hybridized carbons (Fsp3) is 0.600. The number of aliphatic hydroxyl groups excluding tert-OH is 1. The lowest BCUT2D eigenvalue weighted by Crippen LogP contribution is -2.64. The molecule has 2 aromatic rings. The normalized spacial score (nSPS) is 24.2. The van der Waals surface area contributed by atoms with Crippen LogP contribution in [0.2, 0.25) is 0 Å². The molecule has 4 rings (SSSR count). The van der Waals surface area contributed by atoms with Crippen LogP contribution in [0, 0.1) is 0 Å². The number of alkyl halides is 6. The van der Waals surface area contributed by atoms with Crippen molar-refractivity contribution >= 4 is 22.5 Å². The Morgan fingerprint density at radius 3 is 2.39 bits per heavy atom. The number of carbonyl (C=O) groups is 1. The van der Waals surface area contributed by atoms with Crippen molar-refractivity contribution in [2.45, 2.75) is 75.1 Å². The van der Waals surface area contributed by atoms with Crippen molar-refractivity contribution in [3.05, 3.63) is 35.5 Å². The lowest BCUT2D eigenvalue weighted by atomic mass is 9.75. The van der Waals surface area contributed by atoms with Gasteiger partial charge >= 0.3 is 12.4 Å². The first-order valence-electron chi connectivity index (χ1n) is 12.5. The summed E-state index contributed by atoms with van der Waals surface area (Å²) in [6, 6.07) is 3.02. The Bertz CT molecular complexity index is 1160. The van der Waals surface area contributed by atoms with Crippen molar-refractivity contribution in [2.75, 3.05) is 25.0 Å². The van der Waals surface area contributed by atoms with Crippen molar-refractivity contribution < 1.29 is 36.2 Å². The highest BCUT2D eigenvalue weighted by Gasteiger charge is 2.41. The summed E-state index contributed by atoms with van der Waals surface area (Å²) in [5, 5.41) is 15.4. The van der Waals surface area contributed by atoms with E-state index < -0.39 is 47.7 Å². The topological polar surface area (TPSA) is 104 Å². The summed E-state index contributed by atoms with van der Waals surface area (Å²) >= 11 is 0. The van der Waals surface area contributed by atoms with Gasteiger partial charge in [-0.05, 0) is 56.4 Å². The van der Waals surface area contributed by atoms with Gasteiger partial charge in [0.25, 0.3) is 0 Å². The third-order valence-electron chi connectivity index (χ3n) is 7.59. The SMILES string of the molecule is CCC(O)C1(N)CCC(N2CC(NC(=O)CNc3cc(C(F)(F)F)nc4ccc(C(F)(F)F)cc34)C2)CC1. The molecule has 1 aliphatic heterocycles. The van der Waals surface area contributed by atoms with Gasteiger partial charge in [0.2, 0.25) is 5.91 Å². The maximum Gasteiger partial charge on any atom is 0.433 e. The van der Waals surface area contributed by atoms with E-state index in [1.807, 2.05) is 6.92 Å². The summed E-state index contributed by atoms with van der Waals surface area (Å²) in [7, 11) is 0. The number of rotatable bonds is 7. The summed E-state index contributed by atoms with van der Waals surface area (Å²) in [6.45, 7) is 2.69. The predicted octanol–water partition coefficient (Wildman–Crippen LogP) is 3.90. The van der Waals surface area contributed by atoms with Gasteiger partial charge in [-0.25, -0.2) is 4.98 Å². The van der Waals surface area contributed by atoms with E-state index in [1.54, 1.807) is 0 Å². The highest BCUT2D eigenvalue weighted by molar-refractivity contribution is 5.94. The van der Waals surface area contributed by atoms with E-state index in [4.69, 9.17) is 5.73 Å². The minimum absolute atomic E-state index is 0.146. The molecule has 1 aromatic carbocycles. The first-order valence-corrected chi connectivity index (χ1v) is 12.5. The number of halogens is 6. The maximum absolute atomic E-state index is 13.3. The second kappa shape index (κ2) is 10.5. The van der Waals surface area contributed by atoms with Crippen LogP contribution >= 0.6 is 0 Å². The number of pyridine rings is 1. The Kier molecular flexibility index (Phi) is 7.84. The van der Waals surface area contributed by atoms with Gasteiger partial charge in [-0.2, -0.15) is 26.3 Å². The van der Waals surface area contributed by atoms with E-state index in [2.05, 4.69) is 20.5 Å². The molecule has 1 atom stereocenters. The Morgan fingerprint density at radius 2 is 1.82 bits per heavy atom. The zero-order chi connectivity index (χ0) is 27.9. The molecule has 0 spiro atoms. The molecule has 5 N–H and O–H groups in total. The summed E-state index contributed by atoms with van der Waals surface area (Å²) in [6.07, 6.45) is -6.35. The molecule has 38 heavy (non-hydrogen) atoms. The van der Waals surface area contributed by atoms with Crippen molar-refractivity contribution in [1.82, 2.24) is 15.2 Å². The Hall–Kier alpha value is -2.64. The second-order valence-electron chi connectivity index (χ2n) is 10.2. The zero-order valence-corrected chi connectivity index (χ0v) is 20.8. The predicted molar refractivity (Wildman–Crippen MR) is 129 cm³/mol. The average molecular weight is 548 g/mol. The van der Waals surface area contributed by atoms with E-state index in [9.17, 15) is 36.2 Å². The smallest absolute Gasteiger partial charge is 0.391 e. The van der Waals surface area contributed by atoms with Gasteiger partial charge in [-0.3, -0.25) is 9.69 Å². The third kappa shape index (κ3) is 6.15. The van der Waals surface area contributed by atoms with E-state index >= 15 is 0 Å². The first kappa shape index (κ1) is 28.4. The molecule has 2 heterocycles. The molecule has 2 aliphatic rings. The lowest BCUT2D eigenvalue weighted by Gasteiger charge is -2.49. The summed E-state index contributed by atoms with van der Waals surface area (Å²) in [5.41, 5.74) is 2.94. The van der Waals surface area contributed by atoms with Gasteiger partial charge < -0.3 is 21.5 Å². The van der Waals surface area contributed by atoms with Crippen LogP contribution in [0.4, 0.5) is 32.0 Å². The van der Waals surface area contributed by atoms with Crippen LogP contribution in [-0.4, -0.2) is 64.3 Å². The molecule has 13 heteroatoms. The quantitative estimate of drug-likeness (QED) is 0.393. The minimum Gasteiger partial charge on any atom is -0.391 e. The van der Waals surface area contributed by atoms with Gasteiger partial charge in [-0.15, -0.1) is 0 Å². The van der Waals surface area contributed by atoms with Gasteiger partial charge in [0.05, 0.1) is 29.8 Å². The highest BCUT2D eigenvalue weighted by Crippen LogP contribution is 2.37. The van der Waals surface area contributed by atoms with Gasteiger partial charge in [-0.1, -0.05) is 6.92 Å². The first-order chi connectivity index (χ1) is 17.7. The van der Waals surface area contributed by atoms with E-state index in [1.165, 1.54) is 0 Å². The number of nitrogens with zero attached hydrogens (tertiary/aromatic N) is 2. The fourth-order valence-corrected chi connectivity index (χ4v) is 5.29. The van der Waals surface area contributed by atoms with Crippen molar-refractivity contribution in [1.29, 1.82) is 0 Å². The highest BCUT2D eigenvalue weighted by atomic mass is 19.4. The van der Waals surface area contributed by atoms with Crippen LogP contribution in [0.5, 0.6) is 0 Å². The molecule has 1 amide bonds. The molecule has 1 unspecified atom stereocenters. The number of hydrogen-bond acceptors (Lipinski definition) is 6. The molecule has 210 valence electrons. The molecule has 0 radical (unpaired) electrons. The van der Waals surface area contributed by atoms with Crippen molar-refractivity contribution in [3.63, 3.8) is 0 Å². The Balaban J connectivity index is 1.35. The van der Waals surface area contributed by atoms with Crippen LogP contribution in [0.15, 0.2) is 24.3 Å². The maximum atomic E-state index is 13.3. The van der Waals surface area contributed by atoms with Crippen molar-refractivity contribution in [2.24, 2.45) is 5.73 Å². The molecule has 1 aromatic heterocycles. The van der Waals surface area contributed by atoms with E-state index in [0.717, 1.165) is 18.9 Å². The number of nitrogens with two attached hydrogens (primary N) is 1. The van der Waals surface area contributed by atoms with Gasteiger partial charge in [0, 0.05) is 35.7 Å². The number of fused-ring (bicyclic) bond motifs is 1. The summed E-state index contributed by atoms with van der Waals surface area (Å²) in [4.78, 5) is 18.2. The van der Waals surface area contributed by atoms with Crippen LogP contribution in [0.3, 0.4) is 0 Å². The molecule has 2 fully saturated rings. The number of carbonyl (C=O) groups excluding carboxylic acids is 1. The molecular formula is C25H31F6N5O2. The molecule has 0 bridgehead atoms. The number of benzene rings is 1. The summed E-state index contributed by atoms with van der Waals surface area (Å²) < 4.78 is 79.4. The Morgan fingerprint density at radius 1 is 1.16 bits per heavy atom. The number of amides is 1. The average Bonchev–Trinajstić information content (AvgIpc) is 2.83. The number of likely N-dealkylation sites (tertiary alicyclic amines) is 1.